The Labute approximate surface area is 139 Å². The maximum absolute atomic E-state index is 9.45. The second kappa shape index (κ2) is 7.95. The Balaban J connectivity index is 1.39. The molecule has 4 nitrogen and oxygen atoms in total. The van der Waals surface area contributed by atoms with E-state index in [4.69, 9.17) is 4.74 Å². The van der Waals surface area contributed by atoms with Gasteiger partial charge in [-0.1, -0.05) is 18.2 Å². The first-order valence-electron chi connectivity index (χ1n) is 8.73. The molecule has 0 saturated carbocycles. The molecule has 2 N–H and O–H groups in total. The Morgan fingerprint density at radius 2 is 2.09 bits per heavy atom. The largest absolute Gasteiger partial charge is 0.489 e. The van der Waals surface area contributed by atoms with Crippen LogP contribution in [-0.2, 0) is 0 Å². The average Bonchev–Trinajstić information content (AvgIpc) is 2.56. The van der Waals surface area contributed by atoms with Crippen molar-refractivity contribution in [2.24, 2.45) is 5.92 Å². The molecular formula is C19H28N2O2. The van der Waals surface area contributed by atoms with Crippen molar-refractivity contribution in [3.63, 3.8) is 0 Å². The molecule has 0 bridgehead atoms. The summed E-state index contributed by atoms with van der Waals surface area (Å²) in [5.74, 6) is 1.74. The minimum atomic E-state index is -0.217. The van der Waals surface area contributed by atoms with Crippen molar-refractivity contribution >= 4 is 6.08 Å². The van der Waals surface area contributed by atoms with Crippen LogP contribution in [0.1, 0.15) is 25.3 Å². The zero-order chi connectivity index (χ0) is 16.1. The van der Waals surface area contributed by atoms with Crippen molar-refractivity contribution in [2.75, 3.05) is 39.3 Å². The third-order valence-electron chi connectivity index (χ3n) is 4.71. The van der Waals surface area contributed by atoms with Gasteiger partial charge in [-0.05, 0) is 63.0 Å². The highest BCUT2D eigenvalue weighted by Crippen LogP contribution is 2.25. The number of hydrogen-bond acceptors (Lipinski definition) is 4. The van der Waals surface area contributed by atoms with E-state index >= 15 is 0 Å². The molecule has 1 unspecified atom stereocenters. The van der Waals surface area contributed by atoms with Gasteiger partial charge in [0.05, 0.1) is 6.10 Å². The van der Waals surface area contributed by atoms with Crippen molar-refractivity contribution in [2.45, 2.75) is 25.9 Å². The van der Waals surface area contributed by atoms with Gasteiger partial charge in [-0.15, -0.1) is 0 Å². The molecule has 0 radical (unpaired) electrons. The molecule has 2 heterocycles. The molecule has 0 aliphatic carbocycles. The standard InChI is InChI=1S/C19H28N2O2/c1-15(22)13-21-8-6-16(7-9-21)11-20-12-17-10-18-4-2-3-5-19(18)23-14-17/h2-5,10,15-16,20,22H,6-9,11-14H2,1H3. The molecule has 1 fully saturated rings. The first kappa shape index (κ1) is 16.5. The van der Waals surface area contributed by atoms with Gasteiger partial charge in [-0.25, -0.2) is 0 Å². The lowest BCUT2D eigenvalue weighted by Crippen LogP contribution is -2.40. The minimum Gasteiger partial charge on any atom is -0.489 e. The van der Waals surface area contributed by atoms with Crippen LogP contribution in [0.3, 0.4) is 0 Å². The molecule has 1 atom stereocenters. The smallest absolute Gasteiger partial charge is 0.127 e. The molecule has 1 saturated heterocycles. The highest BCUT2D eigenvalue weighted by Gasteiger charge is 2.20. The van der Waals surface area contributed by atoms with Crippen molar-refractivity contribution < 1.29 is 9.84 Å². The maximum Gasteiger partial charge on any atom is 0.127 e. The zero-order valence-electron chi connectivity index (χ0n) is 14.0. The van der Waals surface area contributed by atoms with Crippen LogP contribution in [0.25, 0.3) is 6.08 Å². The number of rotatable bonds is 6. The SMILES string of the molecule is CC(O)CN1CCC(CNCC2=Cc3ccccc3OC2)CC1. The van der Waals surface area contributed by atoms with Gasteiger partial charge in [-0.3, -0.25) is 0 Å². The molecule has 4 heteroatoms. The van der Waals surface area contributed by atoms with Crippen molar-refractivity contribution in [1.29, 1.82) is 0 Å². The Bertz CT molecular complexity index is 534. The molecule has 0 spiro atoms. The Kier molecular flexibility index (Phi) is 5.70. The third-order valence-corrected chi connectivity index (χ3v) is 4.71. The molecule has 126 valence electrons. The monoisotopic (exact) mass is 316 g/mol. The van der Waals surface area contributed by atoms with Gasteiger partial charge in [0.1, 0.15) is 12.4 Å². The summed E-state index contributed by atoms with van der Waals surface area (Å²) >= 11 is 0. The number of piperidine rings is 1. The number of nitrogens with one attached hydrogen (secondary N) is 1. The van der Waals surface area contributed by atoms with Gasteiger partial charge in [0, 0.05) is 18.7 Å². The van der Waals surface area contributed by atoms with Crippen LogP contribution in [-0.4, -0.2) is 55.4 Å². The molecule has 0 amide bonds. The van der Waals surface area contributed by atoms with E-state index in [2.05, 4.69) is 28.4 Å². The summed E-state index contributed by atoms with van der Waals surface area (Å²) in [6.07, 6.45) is 4.47. The lowest BCUT2D eigenvalue weighted by atomic mass is 9.96. The number of para-hydroxylation sites is 1. The third kappa shape index (κ3) is 4.80. The number of fused-ring (bicyclic) bond motifs is 1. The fourth-order valence-electron chi connectivity index (χ4n) is 3.45. The molecule has 3 rings (SSSR count). The second-order valence-corrected chi connectivity index (χ2v) is 6.85. The van der Waals surface area contributed by atoms with Gasteiger partial charge < -0.3 is 20.1 Å². The van der Waals surface area contributed by atoms with Crippen LogP contribution in [0.2, 0.25) is 0 Å². The number of likely N-dealkylation sites (tertiary alicyclic amines) is 1. The quantitative estimate of drug-likeness (QED) is 0.844. The maximum atomic E-state index is 9.45. The predicted molar refractivity (Wildman–Crippen MR) is 93.6 cm³/mol. The van der Waals surface area contributed by atoms with Gasteiger partial charge in [0.15, 0.2) is 0 Å². The number of hydrogen-bond donors (Lipinski definition) is 2. The highest BCUT2D eigenvalue weighted by molar-refractivity contribution is 5.62. The first-order chi connectivity index (χ1) is 11.2. The molecule has 0 aromatic heterocycles. The summed E-state index contributed by atoms with van der Waals surface area (Å²) in [6, 6.07) is 8.19. The van der Waals surface area contributed by atoms with E-state index in [9.17, 15) is 5.11 Å². The van der Waals surface area contributed by atoms with Crippen LogP contribution in [0.5, 0.6) is 5.75 Å². The summed E-state index contributed by atoms with van der Waals surface area (Å²) in [7, 11) is 0. The van der Waals surface area contributed by atoms with E-state index < -0.39 is 0 Å². The fourth-order valence-corrected chi connectivity index (χ4v) is 3.45. The van der Waals surface area contributed by atoms with E-state index in [1.807, 2.05) is 19.1 Å². The molecule has 2 aliphatic heterocycles. The molecule has 2 aliphatic rings. The van der Waals surface area contributed by atoms with Gasteiger partial charge in [-0.2, -0.15) is 0 Å². The van der Waals surface area contributed by atoms with Crippen molar-refractivity contribution in [1.82, 2.24) is 10.2 Å². The average molecular weight is 316 g/mol. The van der Waals surface area contributed by atoms with Crippen LogP contribution < -0.4 is 10.1 Å². The molecule has 1 aromatic carbocycles. The van der Waals surface area contributed by atoms with Crippen LogP contribution in [0.15, 0.2) is 29.8 Å². The summed E-state index contributed by atoms with van der Waals surface area (Å²) in [5.41, 5.74) is 2.50. The Hall–Kier alpha value is -1.36. The van der Waals surface area contributed by atoms with Gasteiger partial charge in [0.2, 0.25) is 0 Å². The lowest BCUT2D eigenvalue weighted by Gasteiger charge is -2.32. The molecule has 1 aromatic rings. The summed E-state index contributed by atoms with van der Waals surface area (Å²) < 4.78 is 5.79. The normalized spacial score (nSPS) is 20.5. The first-order valence-corrected chi connectivity index (χ1v) is 8.73. The van der Waals surface area contributed by atoms with Gasteiger partial charge in [0.25, 0.3) is 0 Å². The topological polar surface area (TPSA) is 44.7 Å². The van der Waals surface area contributed by atoms with Crippen molar-refractivity contribution in [3.8, 4) is 5.75 Å². The van der Waals surface area contributed by atoms with Crippen molar-refractivity contribution in [3.05, 3.63) is 35.4 Å². The van der Waals surface area contributed by atoms with E-state index in [0.717, 1.165) is 44.4 Å². The molecule has 23 heavy (non-hydrogen) atoms. The number of nitrogens with zero attached hydrogens (tertiary/aromatic N) is 1. The number of benzene rings is 1. The Morgan fingerprint density at radius 3 is 2.87 bits per heavy atom. The number of β-amino-alcohol motifs (C(OH)–C–C–N with tert-alkyl or cyclic N) is 1. The number of aliphatic hydroxyl groups is 1. The van der Waals surface area contributed by atoms with E-state index in [1.54, 1.807) is 0 Å². The minimum absolute atomic E-state index is 0.217. The van der Waals surface area contributed by atoms with Crippen LogP contribution >= 0.6 is 0 Å². The lowest BCUT2D eigenvalue weighted by molar-refractivity contribution is 0.1000. The number of ether oxygens (including phenoxy) is 1. The fraction of sp³-hybridized carbons (Fsp3) is 0.579. The number of aliphatic hydroxyl groups excluding tert-OH is 1. The van der Waals surface area contributed by atoms with Crippen LogP contribution in [0, 0.1) is 5.92 Å². The summed E-state index contributed by atoms with van der Waals surface area (Å²) in [4.78, 5) is 2.37. The predicted octanol–water partition coefficient (Wildman–Crippen LogP) is 2.14. The second-order valence-electron chi connectivity index (χ2n) is 6.85. The van der Waals surface area contributed by atoms with Gasteiger partial charge >= 0.3 is 0 Å². The molecular weight excluding hydrogens is 288 g/mol. The Morgan fingerprint density at radius 1 is 1.30 bits per heavy atom. The van der Waals surface area contributed by atoms with E-state index in [0.29, 0.717) is 6.61 Å². The summed E-state index contributed by atoms with van der Waals surface area (Å²) in [5, 5.41) is 13.0. The highest BCUT2D eigenvalue weighted by atomic mass is 16.5. The zero-order valence-corrected chi connectivity index (χ0v) is 14.0. The summed E-state index contributed by atoms with van der Waals surface area (Å²) in [6.45, 7) is 7.56. The van der Waals surface area contributed by atoms with Crippen LogP contribution in [0.4, 0.5) is 0 Å². The van der Waals surface area contributed by atoms with E-state index in [-0.39, 0.29) is 6.10 Å². The van der Waals surface area contributed by atoms with E-state index in [1.165, 1.54) is 24.0 Å².